The van der Waals surface area contributed by atoms with Crippen LogP contribution in [0.1, 0.15) is 36.8 Å². The van der Waals surface area contributed by atoms with Gasteiger partial charge in [-0.3, -0.25) is 4.79 Å². The Morgan fingerprint density at radius 1 is 1.24 bits per heavy atom. The number of rotatable bonds is 6. The lowest BCUT2D eigenvalue weighted by molar-refractivity contribution is -0.117. The summed E-state index contributed by atoms with van der Waals surface area (Å²) >= 11 is 13.3. The van der Waals surface area contributed by atoms with Gasteiger partial charge in [0.15, 0.2) is 5.75 Å². The predicted octanol–water partition coefficient (Wildman–Crippen LogP) is 6.41. The number of amides is 1. The van der Waals surface area contributed by atoms with Crippen molar-refractivity contribution in [1.82, 2.24) is 5.32 Å². The number of nitrogens with zero attached hydrogens (tertiary/aromatic N) is 1. The minimum absolute atomic E-state index is 0.0587. The smallest absolute Gasteiger partial charge is 0.262 e. The van der Waals surface area contributed by atoms with Crippen molar-refractivity contribution in [3.8, 4) is 11.8 Å². The van der Waals surface area contributed by atoms with Crippen LogP contribution in [0.15, 0.2) is 50.9 Å². The fraction of sp³-hybridized carbons (Fsp3) is 0.273. The van der Waals surface area contributed by atoms with Crippen molar-refractivity contribution in [2.45, 2.75) is 38.3 Å². The molecule has 1 fully saturated rings. The maximum absolute atomic E-state index is 12.4. The number of nitriles is 1. The Balaban J connectivity index is 1.73. The van der Waals surface area contributed by atoms with E-state index in [-0.39, 0.29) is 17.5 Å². The summed E-state index contributed by atoms with van der Waals surface area (Å²) < 4.78 is 7.51. The largest absolute Gasteiger partial charge is 0.486 e. The average Bonchev–Trinajstić information content (AvgIpc) is 3.19. The zero-order valence-corrected chi connectivity index (χ0v) is 19.5. The molecule has 1 amide bonds. The summed E-state index contributed by atoms with van der Waals surface area (Å²) in [4.78, 5) is 12.4. The zero-order chi connectivity index (χ0) is 20.8. The van der Waals surface area contributed by atoms with Gasteiger partial charge in [-0.25, -0.2) is 0 Å². The third kappa shape index (κ3) is 6.08. The molecule has 0 spiro atoms. The lowest BCUT2D eigenvalue weighted by Gasteiger charge is -2.12. The number of halogens is 3. The molecule has 0 aliphatic heterocycles. The highest BCUT2D eigenvalue weighted by Gasteiger charge is 2.19. The van der Waals surface area contributed by atoms with E-state index < -0.39 is 0 Å². The Bertz CT molecular complexity index is 939. The van der Waals surface area contributed by atoms with Crippen molar-refractivity contribution < 1.29 is 9.53 Å². The quantitative estimate of drug-likeness (QED) is 0.342. The van der Waals surface area contributed by atoms with Crippen LogP contribution in [0, 0.1) is 11.3 Å². The summed E-state index contributed by atoms with van der Waals surface area (Å²) in [7, 11) is 0. The van der Waals surface area contributed by atoms with Gasteiger partial charge >= 0.3 is 0 Å². The molecule has 1 saturated carbocycles. The fourth-order valence-electron chi connectivity index (χ4n) is 3.19. The van der Waals surface area contributed by atoms with Gasteiger partial charge < -0.3 is 10.1 Å². The summed E-state index contributed by atoms with van der Waals surface area (Å²) in [6, 6.07) is 13.4. The Kier molecular flexibility index (Phi) is 7.77. The van der Waals surface area contributed by atoms with Crippen LogP contribution in [0.2, 0.25) is 5.02 Å². The highest BCUT2D eigenvalue weighted by atomic mass is 79.9. The summed E-state index contributed by atoms with van der Waals surface area (Å²) in [6.45, 7) is 0.369. The number of carbonyl (C=O) groups is 1. The van der Waals surface area contributed by atoms with Crippen LogP contribution < -0.4 is 10.1 Å². The first-order chi connectivity index (χ1) is 14.0. The van der Waals surface area contributed by atoms with Gasteiger partial charge in [-0.1, -0.05) is 52.5 Å². The fourth-order valence-corrected chi connectivity index (χ4v) is 4.44. The Morgan fingerprint density at radius 2 is 1.93 bits per heavy atom. The van der Waals surface area contributed by atoms with Crippen molar-refractivity contribution >= 4 is 55.4 Å². The van der Waals surface area contributed by atoms with Crippen molar-refractivity contribution in [3.63, 3.8) is 0 Å². The molecule has 1 aliphatic carbocycles. The molecule has 0 heterocycles. The first kappa shape index (κ1) is 21.9. The lowest BCUT2D eigenvalue weighted by atomic mass is 10.1. The SMILES string of the molecule is N#C/C(=C/c1cc(Cl)c(OCc2ccc(Br)cc2)c(Br)c1)C(=O)NC1CCCC1. The summed E-state index contributed by atoms with van der Waals surface area (Å²) in [5, 5.41) is 12.7. The first-order valence-electron chi connectivity index (χ1n) is 9.25. The molecule has 29 heavy (non-hydrogen) atoms. The topological polar surface area (TPSA) is 62.1 Å². The van der Waals surface area contributed by atoms with Gasteiger partial charge in [0, 0.05) is 10.5 Å². The van der Waals surface area contributed by atoms with Gasteiger partial charge in [-0.05, 0) is 70.2 Å². The zero-order valence-electron chi connectivity index (χ0n) is 15.6. The summed E-state index contributed by atoms with van der Waals surface area (Å²) in [5.41, 5.74) is 1.72. The summed E-state index contributed by atoms with van der Waals surface area (Å²) in [6.07, 6.45) is 5.69. The monoisotopic (exact) mass is 536 g/mol. The molecule has 1 aliphatic rings. The number of hydrogen-bond donors (Lipinski definition) is 1. The number of benzene rings is 2. The van der Waals surface area contributed by atoms with Crippen LogP contribution >= 0.6 is 43.5 Å². The van der Waals surface area contributed by atoms with E-state index in [9.17, 15) is 10.1 Å². The molecule has 1 N–H and O–H groups in total. The van der Waals surface area contributed by atoms with Crippen LogP contribution in [-0.2, 0) is 11.4 Å². The molecule has 3 rings (SSSR count). The summed E-state index contributed by atoms with van der Waals surface area (Å²) in [5.74, 6) is 0.169. The van der Waals surface area contributed by atoms with Gasteiger partial charge in [-0.2, -0.15) is 5.26 Å². The second-order valence-electron chi connectivity index (χ2n) is 6.85. The van der Waals surface area contributed by atoms with Crippen LogP contribution in [-0.4, -0.2) is 11.9 Å². The van der Waals surface area contributed by atoms with E-state index in [2.05, 4.69) is 37.2 Å². The van der Waals surface area contributed by atoms with Crippen LogP contribution in [0.3, 0.4) is 0 Å². The molecule has 150 valence electrons. The molecule has 0 aromatic heterocycles. The van der Waals surface area contributed by atoms with Gasteiger partial charge in [0.1, 0.15) is 18.2 Å². The molecule has 0 atom stereocenters. The first-order valence-corrected chi connectivity index (χ1v) is 11.2. The molecule has 7 heteroatoms. The van der Waals surface area contributed by atoms with E-state index in [0.717, 1.165) is 35.7 Å². The minimum atomic E-state index is -0.345. The molecule has 0 bridgehead atoms. The predicted molar refractivity (Wildman–Crippen MR) is 122 cm³/mol. The number of ether oxygens (including phenoxy) is 1. The number of carbonyl (C=O) groups excluding carboxylic acids is 1. The van der Waals surface area contributed by atoms with E-state index in [1.54, 1.807) is 18.2 Å². The number of hydrogen-bond acceptors (Lipinski definition) is 3. The maximum atomic E-state index is 12.4. The third-order valence-corrected chi connectivity index (χ3v) is 6.08. The molecule has 0 unspecified atom stereocenters. The van der Waals surface area contributed by atoms with Crippen molar-refractivity contribution in [3.05, 3.63) is 67.1 Å². The molecular formula is C22H19Br2ClN2O2. The van der Waals surface area contributed by atoms with E-state index in [1.807, 2.05) is 30.3 Å². The maximum Gasteiger partial charge on any atom is 0.262 e. The van der Waals surface area contributed by atoms with Gasteiger partial charge in [0.2, 0.25) is 0 Å². The van der Waals surface area contributed by atoms with Gasteiger partial charge in [0.05, 0.1) is 9.50 Å². The van der Waals surface area contributed by atoms with E-state index >= 15 is 0 Å². The van der Waals surface area contributed by atoms with Gasteiger partial charge in [0.25, 0.3) is 5.91 Å². The van der Waals surface area contributed by atoms with E-state index in [0.29, 0.717) is 27.4 Å². The molecule has 2 aromatic carbocycles. The Labute approximate surface area is 192 Å². The average molecular weight is 539 g/mol. The van der Waals surface area contributed by atoms with Crippen molar-refractivity contribution in [2.75, 3.05) is 0 Å². The normalized spacial score (nSPS) is 14.5. The van der Waals surface area contributed by atoms with E-state index in [1.165, 1.54) is 0 Å². The second-order valence-corrected chi connectivity index (χ2v) is 9.03. The molecule has 4 nitrogen and oxygen atoms in total. The number of nitrogens with one attached hydrogen (secondary N) is 1. The molecular weight excluding hydrogens is 520 g/mol. The van der Waals surface area contributed by atoms with Crippen molar-refractivity contribution in [1.29, 1.82) is 5.26 Å². The van der Waals surface area contributed by atoms with Crippen LogP contribution in [0.5, 0.6) is 5.75 Å². The highest BCUT2D eigenvalue weighted by molar-refractivity contribution is 9.10. The van der Waals surface area contributed by atoms with E-state index in [4.69, 9.17) is 16.3 Å². The Morgan fingerprint density at radius 3 is 2.55 bits per heavy atom. The van der Waals surface area contributed by atoms with Crippen LogP contribution in [0.4, 0.5) is 0 Å². The third-order valence-electron chi connectivity index (χ3n) is 4.68. The second kappa shape index (κ2) is 10.3. The molecule has 2 aromatic rings. The Hall–Kier alpha value is -1.81. The molecule has 0 radical (unpaired) electrons. The lowest BCUT2D eigenvalue weighted by Crippen LogP contribution is -2.33. The van der Waals surface area contributed by atoms with Crippen molar-refractivity contribution in [2.24, 2.45) is 0 Å². The van der Waals surface area contributed by atoms with Gasteiger partial charge in [-0.15, -0.1) is 0 Å². The minimum Gasteiger partial charge on any atom is -0.486 e. The standard InChI is InChI=1S/C22H19Br2ClN2O2/c23-17-7-5-14(6-8-17)13-29-21-19(24)10-15(11-20(21)25)9-16(12-26)22(28)27-18-3-1-2-4-18/h5-11,18H,1-4,13H2,(H,27,28)/b16-9-. The van der Waals surface area contributed by atoms with Crippen LogP contribution in [0.25, 0.3) is 6.08 Å². The highest BCUT2D eigenvalue weighted by Crippen LogP contribution is 2.35. The molecule has 0 saturated heterocycles.